The predicted molar refractivity (Wildman–Crippen MR) is 92.2 cm³/mol. The summed E-state index contributed by atoms with van der Waals surface area (Å²) in [5.41, 5.74) is 0.611. The number of benzene rings is 2. The number of methoxy groups -OCH3 is 1. The molecule has 0 spiro atoms. The number of nitrogens with zero attached hydrogens (tertiary/aromatic N) is 2. The van der Waals surface area contributed by atoms with E-state index in [-0.39, 0.29) is 5.56 Å². The number of halogens is 1. The summed E-state index contributed by atoms with van der Waals surface area (Å²) < 4.78 is 13.2. The lowest BCUT2D eigenvalue weighted by Gasteiger charge is -2.09. The van der Waals surface area contributed by atoms with Gasteiger partial charge in [0.1, 0.15) is 18.1 Å². The molecule has 23 heavy (non-hydrogen) atoms. The van der Waals surface area contributed by atoms with Crippen LogP contribution in [0.5, 0.6) is 11.5 Å². The van der Waals surface area contributed by atoms with Crippen LogP contribution in [-0.4, -0.2) is 23.3 Å². The van der Waals surface area contributed by atoms with E-state index in [0.29, 0.717) is 24.1 Å². The molecule has 0 unspecified atom stereocenters. The van der Waals surface area contributed by atoms with Gasteiger partial charge in [0.15, 0.2) is 0 Å². The average molecular weight is 375 g/mol. The lowest BCUT2D eigenvalue weighted by Crippen LogP contribution is -2.23. The topological polar surface area (TPSA) is 53.4 Å². The summed E-state index contributed by atoms with van der Waals surface area (Å²) in [5.74, 6) is 1.51. The van der Waals surface area contributed by atoms with E-state index in [1.807, 2.05) is 36.4 Å². The quantitative estimate of drug-likeness (QED) is 0.687. The van der Waals surface area contributed by atoms with Gasteiger partial charge in [-0.2, -0.15) is 0 Å². The first kappa shape index (κ1) is 15.6. The molecule has 0 N–H and O–H groups in total. The van der Waals surface area contributed by atoms with Crippen molar-refractivity contribution in [1.82, 2.24) is 9.55 Å². The van der Waals surface area contributed by atoms with E-state index in [4.69, 9.17) is 9.47 Å². The van der Waals surface area contributed by atoms with Crippen molar-refractivity contribution in [3.05, 3.63) is 63.6 Å². The number of hydrogen-bond donors (Lipinski definition) is 0. The summed E-state index contributed by atoms with van der Waals surface area (Å²) >= 11 is 3.38. The van der Waals surface area contributed by atoms with Crippen LogP contribution in [0.2, 0.25) is 0 Å². The van der Waals surface area contributed by atoms with Crippen molar-refractivity contribution in [2.45, 2.75) is 6.54 Å². The van der Waals surface area contributed by atoms with Crippen LogP contribution in [0.25, 0.3) is 10.9 Å². The van der Waals surface area contributed by atoms with Crippen molar-refractivity contribution in [2.24, 2.45) is 0 Å². The molecular formula is C17H15BrN2O3. The highest BCUT2D eigenvalue weighted by molar-refractivity contribution is 9.10. The first-order valence-electron chi connectivity index (χ1n) is 7.09. The zero-order valence-electron chi connectivity index (χ0n) is 12.5. The van der Waals surface area contributed by atoms with Crippen molar-refractivity contribution in [3.8, 4) is 11.5 Å². The molecule has 0 bridgehead atoms. The van der Waals surface area contributed by atoms with Gasteiger partial charge in [-0.3, -0.25) is 9.36 Å². The SMILES string of the molecule is COc1ccc(OCCn2cnc3ccc(Br)cc3c2=O)cc1. The maximum Gasteiger partial charge on any atom is 0.261 e. The average Bonchev–Trinajstić information content (AvgIpc) is 2.58. The van der Waals surface area contributed by atoms with E-state index < -0.39 is 0 Å². The van der Waals surface area contributed by atoms with Gasteiger partial charge in [0.2, 0.25) is 0 Å². The molecule has 1 heterocycles. The molecule has 0 radical (unpaired) electrons. The van der Waals surface area contributed by atoms with Gasteiger partial charge in [0.25, 0.3) is 5.56 Å². The summed E-state index contributed by atoms with van der Waals surface area (Å²) in [4.78, 5) is 16.7. The Balaban J connectivity index is 1.71. The Hall–Kier alpha value is -2.34. The summed E-state index contributed by atoms with van der Waals surface area (Å²) in [6, 6.07) is 12.8. The summed E-state index contributed by atoms with van der Waals surface area (Å²) in [7, 11) is 1.62. The molecule has 0 atom stereocenters. The molecule has 0 aliphatic carbocycles. The third-order valence-corrected chi connectivity index (χ3v) is 3.94. The zero-order chi connectivity index (χ0) is 16.2. The fraction of sp³-hybridized carbons (Fsp3) is 0.176. The van der Waals surface area contributed by atoms with Crippen LogP contribution in [0, 0.1) is 0 Å². The highest BCUT2D eigenvalue weighted by atomic mass is 79.9. The predicted octanol–water partition coefficient (Wildman–Crippen LogP) is 3.25. The van der Waals surface area contributed by atoms with Crippen LogP contribution in [0.1, 0.15) is 0 Å². The maximum absolute atomic E-state index is 12.4. The number of fused-ring (bicyclic) bond motifs is 1. The molecule has 0 saturated carbocycles. The zero-order valence-corrected chi connectivity index (χ0v) is 14.1. The molecule has 0 aliphatic heterocycles. The van der Waals surface area contributed by atoms with Crippen LogP contribution in [-0.2, 0) is 6.54 Å². The van der Waals surface area contributed by atoms with Gasteiger partial charge in [0, 0.05) is 4.47 Å². The van der Waals surface area contributed by atoms with E-state index in [0.717, 1.165) is 16.0 Å². The van der Waals surface area contributed by atoms with E-state index in [9.17, 15) is 4.79 Å². The van der Waals surface area contributed by atoms with Gasteiger partial charge in [-0.1, -0.05) is 15.9 Å². The first-order chi connectivity index (χ1) is 11.2. The van der Waals surface area contributed by atoms with Crippen molar-refractivity contribution in [2.75, 3.05) is 13.7 Å². The molecule has 0 amide bonds. The monoisotopic (exact) mass is 374 g/mol. The lowest BCUT2D eigenvalue weighted by molar-refractivity contribution is 0.295. The van der Waals surface area contributed by atoms with Gasteiger partial charge in [-0.25, -0.2) is 4.98 Å². The standard InChI is InChI=1S/C17H15BrN2O3/c1-22-13-3-5-14(6-4-13)23-9-8-20-11-19-16-7-2-12(18)10-15(16)17(20)21/h2-7,10-11H,8-9H2,1H3. The molecule has 3 rings (SSSR count). The largest absolute Gasteiger partial charge is 0.497 e. The Labute approximate surface area is 141 Å². The van der Waals surface area contributed by atoms with E-state index in [1.54, 1.807) is 24.1 Å². The minimum Gasteiger partial charge on any atom is -0.497 e. The molecule has 6 heteroatoms. The molecule has 3 aromatic rings. The fourth-order valence-corrected chi connectivity index (χ4v) is 2.59. The summed E-state index contributed by atoms with van der Waals surface area (Å²) in [6.07, 6.45) is 1.55. The Bertz CT molecular complexity index is 875. The Kier molecular flexibility index (Phi) is 4.62. The van der Waals surface area contributed by atoms with Crippen LogP contribution in [0.4, 0.5) is 0 Å². The fourth-order valence-electron chi connectivity index (χ4n) is 2.22. The molecule has 0 fully saturated rings. The Morgan fingerprint density at radius 1 is 1.13 bits per heavy atom. The van der Waals surface area contributed by atoms with Crippen LogP contribution >= 0.6 is 15.9 Å². The van der Waals surface area contributed by atoms with Crippen molar-refractivity contribution >= 4 is 26.8 Å². The van der Waals surface area contributed by atoms with Gasteiger partial charge in [-0.15, -0.1) is 0 Å². The second kappa shape index (κ2) is 6.83. The van der Waals surface area contributed by atoms with Gasteiger partial charge in [0.05, 0.1) is 30.9 Å². The van der Waals surface area contributed by atoms with Gasteiger partial charge in [-0.05, 0) is 42.5 Å². The maximum atomic E-state index is 12.4. The summed E-state index contributed by atoms with van der Waals surface area (Å²) in [6.45, 7) is 0.813. The highest BCUT2D eigenvalue weighted by Gasteiger charge is 2.05. The van der Waals surface area contributed by atoms with Crippen molar-refractivity contribution in [1.29, 1.82) is 0 Å². The molecule has 118 valence electrons. The molecule has 5 nitrogen and oxygen atoms in total. The molecular weight excluding hydrogens is 360 g/mol. The molecule has 0 saturated heterocycles. The third-order valence-electron chi connectivity index (χ3n) is 3.45. The van der Waals surface area contributed by atoms with Crippen molar-refractivity contribution in [3.63, 3.8) is 0 Å². The van der Waals surface area contributed by atoms with E-state index in [2.05, 4.69) is 20.9 Å². The Morgan fingerprint density at radius 3 is 2.61 bits per heavy atom. The number of hydrogen-bond acceptors (Lipinski definition) is 4. The normalized spacial score (nSPS) is 10.7. The van der Waals surface area contributed by atoms with Crippen LogP contribution < -0.4 is 15.0 Å². The number of rotatable bonds is 5. The molecule has 2 aromatic carbocycles. The molecule has 0 aliphatic rings. The summed E-state index contributed by atoms with van der Waals surface area (Å²) in [5, 5.41) is 0.589. The van der Waals surface area contributed by atoms with Gasteiger partial charge >= 0.3 is 0 Å². The first-order valence-corrected chi connectivity index (χ1v) is 7.88. The minimum atomic E-state index is -0.0744. The highest BCUT2D eigenvalue weighted by Crippen LogP contribution is 2.17. The number of aromatic nitrogens is 2. The smallest absolute Gasteiger partial charge is 0.261 e. The van der Waals surface area contributed by atoms with Crippen LogP contribution in [0.15, 0.2) is 58.1 Å². The van der Waals surface area contributed by atoms with E-state index >= 15 is 0 Å². The second-order valence-electron chi connectivity index (χ2n) is 4.93. The molecule has 1 aromatic heterocycles. The van der Waals surface area contributed by atoms with Crippen LogP contribution in [0.3, 0.4) is 0 Å². The van der Waals surface area contributed by atoms with Crippen molar-refractivity contribution < 1.29 is 9.47 Å². The number of ether oxygens (including phenoxy) is 2. The Morgan fingerprint density at radius 2 is 1.87 bits per heavy atom. The third kappa shape index (κ3) is 3.53. The second-order valence-corrected chi connectivity index (χ2v) is 5.84. The minimum absolute atomic E-state index is 0.0744. The van der Waals surface area contributed by atoms with Gasteiger partial charge < -0.3 is 9.47 Å². The lowest BCUT2D eigenvalue weighted by atomic mass is 10.2. The van der Waals surface area contributed by atoms with E-state index in [1.165, 1.54) is 0 Å².